The highest BCUT2D eigenvalue weighted by Gasteiger charge is 2.21. The van der Waals surface area contributed by atoms with Gasteiger partial charge in [-0.3, -0.25) is 0 Å². The SMILES string of the molecule is COc1ccc(-c2nn(-c3ccccc3F)cc2CN(C)C[C@@H]2CCCN(C)C2)cc1. The molecule has 164 valence electrons. The maximum Gasteiger partial charge on any atom is 0.148 e. The zero-order valence-corrected chi connectivity index (χ0v) is 18.6. The van der Waals surface area contributed by atoms with Gasteiger partial charge in [0.25, 0.3) is 0 Å². The fourth-order valence-corrected chi connectivity index (χ4v) is 4.50. The van der Waals surface area contributed by atoms with E-state index in [1.54, 1.807) is 23.9 Å². The Balaban J connectivity index is 1.61. The summed E-state index contributed by atoms with van der Waals surface area (Å²) < 4.78 is 21.4. The second-order valence-corrected chi connectivity index (χ2v) is 8.59. The molecule has 2 heterocycles. The Morgan fingerprint density at radius 3 is 2.65 bits per heavy atom. The summed E-state index contributed by atoms with van der Waals surface area (Å²) in [6.45, 7) is 4.13. The number of aromatic nitrogens is 2. The number of benzene rings is 2. The predicted molar refractivity (Wildman–Crippen MR) is 122 cm³/mol. The summed E-state index contributed by atoms with van der Waals surface area (Å²) >= 11 is 0. The fraction of sp³-hybridized carbons (Fsp3) is 0.400. The summed E-state index contributed by atoms with van der Waals surface area (Å²) in [5, 5.41) is 4.78. The van der Waals surface area contributed by atoms with Crippen molar-refractivity contribution >= 4 is 0 Å². The molecule has 0 aliphatic carbocycles. The first-order valence-corrected chi connectivity index (χ1v) is 10.9. The highest BCUT2D eigenvalue weighted by atomic mass is 19.1. The first-order valence-electron chi connectivity index (χ1n) is 10.9. The minimum Gasteiger partial charge on any atom is -0.497 e. The summed E-state index contributed by atoms with van der Waals surface area (Å²) in [6, 6.07) is 14.6. The van der Waals surface area contributed by atoms with Crippen molar-refractivity contribution in [2.45, 2.75) is 19.4 Å². The van der Waals surface area contributed by atoms with Crippen LogP contribution in [-0.4, -0.2) is 60.4 Å². The van der Waals surface area contributed by atoms with Crippen LogP contribution in [0.3, 0.4) is 0 Å². The molecule has 1 aliphatic heterocycles. The molecule has 1 aliphatic rings. The number of nitrogens with zero attached hydrogens (tertiary/aromatic N) is 4. The van der Waals surface area contributed by atoms with Crippen molar-refractivity contribution in [3.05, 3.63) is 66.1 Å². The first kappa shape index (κ1) is 21.5. The minimum atomic E-state index is -0.281. The van der Waals surface area contributed by atoms with Crippen molar-refractivity contribution in [3.8, 4) is 22.7 Å². The molecule has 0 amide bonds. The Labute approximate surface area is 184 Å². The van der Waals surface area contributed by atoms with Crippen molar-refractivity contribution in [2.75, 3.05) is 40.8 Å². The number of methoxy groups -OCH3 is 1. The lowest BCUT2D eigenvalue weighted by atomic mass is 9.98. The molecular weight excluding hydrogens is 391 g/mol. The summed E-state index contributed by atoms with van der Waals surface area (Å²) in [6.07, 6.45) is 4.49. The van der Waals surface area contributed by atoms with Gasteiger partial charge in [-0.25, -0.2) is 9.07 Å². The summed E-state index contributed by atoms with van der Waals surface area (Å²) in [5.41, 5.74) is 3.41. The van der Waals surface area contributed by atoms with Crippen molar-refractivity contribution in [1.29, 1.82) is 0 Å². The first-order chi connectivity index (χ1) is 15.0. The number of halogens is 1. The highest BCUT2D eigenvalue weighted by molar-refractivity contribution is 5.64. The molecule has 4 rings (SSSR count). The number of ether oxygens (including phenoxy) is 1. The van der Waals surface area contributed by atoms with Crippen LogP contribution in [0.4, 0.5) is 4.39 Å². The highest BCUT2D eigenvalue weighted by Crippen LogP contribution is 2.28. The number of hydrogen-bond acceptors (Lipinski definition) is 4. The van der Waals surface area contributed by atoms with Crippen LogP contribution in [0, 0.1) is 11.7 Å². The lowest BCUT2D eigenvalue weighted by Crippen LogP contribution is -2.37. The standard InChI is InChI=1S/C25H31FN4O/c1-28-14-6-7-19(15-28)16-29(2)17-21-18-30(24-9-5-4-8-23(24)26)27-25(21)20-10-12-22(31-3)13-11-20/h4-5,8-13,18-19H,6-7,14-17H2,1-3H3/t19-/m1/s1. The van der Waals surface area contributed by atoms with Gasteiger partial charge in [0, 0.05) is 37.0 Å². The number of hydrogen-bond donors (Lipinski definition) is 0. The number of rotatable bonds is 7. The van der Waals surface area contributed by atoms with Gasteiger partial charge in [0.05, 0.1) is 12.8 Å². The van der Waals surface area contributed by atoms with Gasteiger partial charge in [-0.05, 0) is 75.8 Å². The summed E-state index contributed by atoms with van der Waals surface area (Å²) in [7, 11) is 6.02. The van der Waals surface area contributed by atoms with Gasteiger partial charge in [-0.15, -0.1) is 0 Å². The normalized spacial score (nSPS) is 17.3. The van der Waals surface area contributed by atoms with Gasteiger partial charge >= 0.3 is 0 Å². The van der Waals surface area contributed by atoms with Crippen molar-refractivity contribution in [1.82, 2.24) is 19.6 Å². The van der Waals surface area contributed by atoms with Gasteiger partial charge in [0.1, 0.15) is 17.3 Å². The maximum atomic E-state index is 14.4. The second kappa shape index (κ2) is 9.62. The largest absolute Gasteiger partial charge is 0.497 e. The molecule has 0 spiro atoms. The fourth-order valence-electron chi connectivity index (χ4n) is 4.50. The van der Waals surface area contributed by atoms with Crippen LogP contribution in [0.15, 0.2) is 54.7 Å². The quantitative estimate of drug-likeness (QED) is 0.563. The zero-order chi connectivity index (χ0) is 21.8. The Hall–Kier alpha value is -2.70. The number of para-hydroxylation sites is 1. The van der Waals surface area contributed by atoms with E-state index in [4.69, 9.17) is 9.84 Å². The smallest absolute Gasteiger partial charge is 0.148 e. The monoisotopic (exact) mass is 422 g/mol. The second-order valence-electron chi connectivity index (χ2n) is 8.59. The van der Waals surface area contributed by atoms with Crippen molar-refractivity contribution in [2.24, 2.45) is 5.92 Å². The maximum absolute atomic E-state index is 14.4. The molecule has 1 atom stereocenters. The van der Waals surface area contributed by atoms with Gasteiger partial charge in [-0.2, -0.15) is 5.10 Å². The van der Waals surface area contributed by atoms with E-state index in [2.05, 4.69) is 23.9 Å². The topological polar surface area (TPSA) is 33.5 Å². The third kappa shape index (κ3) is 5.14. The molecule has 6 heteroatoms. The third-order valence-electron chi connectivity index (χ3n) is 5.98. The summed E-state index contributed by atoms with van der Waals surface area (Å²) in [4.78, 5) is 4.78. The van der Waals surface area contributed by atoms with E-state index in [9.17, 15) is 4.39 Å². The van der Waals surface area contributed by atoms with Gasteiger partial charge in [0.2, 0.25) is 0 Å². The number of piperidine rings is 1. The van der Waals surface area contributed by atoms with Crippen molar-refractivity contribution < 1.29 is 9.13 Å². The molecule has 1 fully saturated rings. The van der Waals surface area contributed by atoms with Crippen LogP contribution in [0.2, 0.25) is 0 Å². The lowest BCUT2D eigenvalue weighted by molar-refractivity contribution is 0.164. The predicted octanol–water partition coefficient (Wildman–Crippen LogP) is 4.46. The molecule has 5 nitrogen and oxygen atoms in total. The van der Waals surface area contributed by atoms with E-state index in [0.717, 1.165) is 42.2 Å². The molecule has 3 aromatic rings. The van der Waals surface area contributed by atoms with Gasteiger partial charge in [-0.1, -0.05) is 12.1 Å². The van der Waals surface area contributed by atoms with Crippen LogP contribution < -0.4 is 4.74 Å². The van der Waals surface area contributed by atoms with E-state index in [1.165, 1.54) is 25.5 Å². The third-order valence-corrected chi connectivity index (χ3v) is 5.98. The molecule has 1 saturated heterocycles. The van der Waals surface area contributed by atoms with Crippen molar-refractivity contribution in [3.63, 3.8) is 0 Å². The van der Waals surface area contributed by atoms with E-state index < -0.39 is 0 Å². The Kier molecular flexibility index (Phi) is 6.68. The molecule has 0 N–H and O–H groups in total. The Morgan fingerprint density at radius 1 is 1.16 bits per heavy atom. The van der Waals surface area contributed by atoms with Gasteiger partial charge < -0.3 is 14.5 Å². The Bertz CT molecular complexity index is 1000. The molecule has 31 heavy (non-hydrogen) atoms. The van der Waals surface area contributed by atoms with Crippen LogP contribution >= 0.6 is 0 Å². The van der Waals surface area contributed by atoms with Crippen LogP contribution in [-0.2, 0) is 6.54 Å². The average Bonchev–Trinajstić information content (AvgIpc) is 3.17. The Morgan fingerprint density at radius 2 is 1.94 bits per heavy atom. The molecular formula is C25H31FN4O. The molecule has 1 aromatic heterocycles. The van der Waals surface area contributed by atoms with Crippen LogP contribution in [0.25, 0.3) is 16.9 Å². The lowest BCUT2D eigenvalue weighted by Gasteiger charge is -2.32. The molecule has 0 unspecified atom stereocenters. The van der Waals surface area contributed by atoms with Crippen LogP contribution in [0.1, 0.15) is 18.4 Å². The van der Waals surface area contributed by atoms with E-state index in [1.807, 2.05) is 36.5 Å². The van der Waals surface area contributed by atoms with Gasteiger partial charge in [0.15, 0.2) is 0 Å². The molecule has 0 bridgehead atoms. The van der Waals surface area contributed by atoms with Crippen LogP contribution in [0.5, 0.6) is 5.75 Å². The molecule has 0 saturated carbocycles. The average molecular weight is 423 g/mol. The minimum absolute atomic E-state index is 0.281. The van der Waals surface area contributed by atoms with E-state index >= 15 is 0 Å². The molecule has 0 radical (unpaired) electrons. The summed E-state index contributed by atoms with van der Waals surface area (Å²) in [5.74, 6) is 1.20. The number of likely N-dealkylation sites (tertiary alicyclic amines) is 1. The van der Waals surface area contributed by atoms with E-state index in [-0.39, 0.29) is 5.82 Å². The van der Waals surface area contributed by atoms with E-state index in [0.29, 0.717) is 11.6 Å². The zero-order valence-electron chi connectivity index (χ0n) is 18.6. The molecule has 2 aromatic carbocycles.